The number of hydrogen-bond donors (Lipinski definition) is 1. The molecule has 0 unspecified atom stereocenters. The summed E-state index contributed by atoms with van der Waals surface area (Å²) in [4.78, 5) is 27.6. The van der Waals surface area contributed by atoms with Gasteiger partial charge in [0.25, 0.3) is 0 Å². The van der Waals surface area contributed by atoms with Gasteiger partial charge >= 0.3 is 0 Å². The number of carbonyl (C=O) groups excluding carboxylic acids is 2. The van der Waals surface area contributed by atoms with Crippen LogP contribution in [-0.2, 0) is 26.2 Å². The van der Waals surface area contributed by atoms with Crippen LogP contribution in [0, 0.1) is 13.8 Å². The lowest BCUT2D eigenvalue weighted by Gasteiger charge is -2.31. The molecular formula is C24H32BrN3O4S. The predicted molar refractivity (Wildman–Crippen MR) is 136 cm³/mol. The molecule has 2 rings (SSSR count). The maximum absolute atomic E-state index is 13.5. The van der Waals surface area contributed by atoms with Gasteiger partial charge in [-0.2, -0.15) is 0 Å². The van der Waals surface area contributed by atoms with Crippen LogP contribution < -0.4 is 9.62 Å². The predicted octanol–water partition coefficient (Wildman–Crippen LogP) is 3.78. The Balaban J connectivity index is 2.39. The van der Waals surface area contributed by atoms with Crippen LogP contribution >= 0.6 is 15.9 Å². The summed E-state index contributed by atoms with van der Waals surface area (Å²) in [6.07, 6.45) is 1.84. The van der Waals surface area contributed by atoms with E-state index in [9.17, 15) is 18.0 Å². The van der Waals surface area contributed by atoms with Crippen LogP contribution in [0.15, 0.2) is 46.9 Å². The summed E-state index contributed by atoms with van der Waals surface area (Å²) in [7, 11) is -3.75. The molecule has 180 valence electrons. The van der Waals surface area contributed by atoms with Crippen molar-refractivity contribution < 1.29 is 18.0 Å². The number of halogens is 1. The zero-order valence-corrected chi connectivity index (χ0v) is 22.2. The van der Waals surface area contributed by atoms with Crippen LogP contribution in [0.5, 0.6) is 0 Å². The second-order valence-electron chi connectivity index (χ2n) is 8.18. The number of carbonyl (C=O) groups is 2. The number of amides is 2. The van der Waals surface area contributed by atoms with Gasteiger partial charge in [0.15, 0.2) is 0 Å². The second-order valence-corrected chi connectivity index (χ2v) is 10.9. The zero-order chi connectivity index (χ0) is 24.8. The highest BCUT2D eigenvalue weighted by Crippen LogP contribution is 2.25. The summed E-state index contributed by atoms with van der Waals surface area (Å²) in [5.41, 5.74) is 3.14. The van der Waals surface area contributed by atoms with E-state index in [1.807, 2.05) is 45.0 Å². The minimum atomic E-state index is -3.75. The number of nitrogens with zero attached hydrogens (tertiary/aromatic N) is 2. The van der Waals surface area contributed by atoms with E-state index < -0.39 is 28.5 Å². The van der Waals surface area contributed by atoms with E-state index in [4.69, 9.17) is 0 Å². The Bertz CT molecular complexity index is 1100. The number of sulfonamides is 1. The molecule has 0 aliphatic carbocycles. The van der Waals surface area contributed by atoms with E-state index >= 15 is 0 Å². The maximum Gasteiger partial charge on any atom is 0.244 e. The molecule has 7 nitrogen and oxygen atoms in total. The fraction of sp³-hybridized carbons (Fsp3) is 0.417. The Morgan fingerprint density at radius 1 is 1.12 bits per heavy atom. The van der Waals surface area contributed by atoms with Gasteiger partial charge in [0.05, 0.1) is 11.9 Å². The first kappa shape index (κ1) is 26.9. The minimum absolute atomic E-state index is 0.193. The molecule has 2 aromatic carbocycles. The standard InChI is InChI=1S/C24H32BrN3O4S/c1-6-12-26-24(30)19(4)27(15-20-9-7-8-17(2)13-20)23(29)16-28(33(5,31)32)21-10-11-22(25)18(3)14-21/h7-11,13-14,19H,6,12,15-16H2,1-5H3,(H,26,30)/t19-/m0/s1. The van der Waals surface area contributed by atoms with Crippen molar-refractivity contribution in [1.29, 1.82) is 0 Å². The SMILES string of the molecule is CCCNC(=O)[C@H](C)N(Cc1cccc(C)c1)C(=O)CN(c1ccc(Br)c(C)c1)S(C)(=O)=O. The molecule has 1 atom stereocenters. The van der Waals surface area contributed by atoms with Gasteiger partial charge in [0.2, 0.25) is 21.8 Å². The monoisotopic (exact) mass is 537 g/mol. The number of aryl methyl sites for hydroxylation is 2. The summed E-state index contributed by atoms with van der Waals surface area (Å²) in [6, 6.07) is 12.0. The summed E-state index contributed by atoms with van der Waals surface area (Å²) < 4.78 is 27.1. The zero-order valence-electron chi connectivity index (χ0n) is 19.8. The van der Waals surface area contributed by atoms with Crippen molar-refractivity contribution in [3.63, 3.8) is 0 Å². The average molecular weight is 539 g/mol. The molecule has 1 N–H and O–H groups in total. The third kappa shape index (κ3) is 7.57. The smallest absolute Gasteiger partial charge is 0.244 e. The van der Waals surface area contributed by atoms with Crippen LogP contribution in [0.2, 0.25) is 0 Å². The summed E-state index contributed by atoms with van der Waals surface area (Å²) >= 11 is 3.41. The van der Waals surface area contributed by atoms with E-state index in [1.165, 1.54) is 4.90 Å². The fourth-order valence-corrected chi connectivity index (χ4v) is 4.47. The van der Waals surface area contributed by atoms with Crippen molar-refractivity contribution >= 4 is 43.5 Å². The van der Waals surface area contributed by atoms with Gasteiger partial charge in [-0.1, -0.05) is 52.7 Å². The van der Waals surface area contributed by atoms with E-state index in [-0.39, 0.29) is 12.5 Å². The molecule has 0 saturated heterocycles. The first-order valence-corrected chi connectivity index (χ1v) is 13.4. The maximum atomic E-state index is 13.5. The highest BCUT2D eigenvalue weighted by molar-refractivity contribution is 9.10. The van der Waals surface area contributed by atoms with Crippen molar-refractivity contribution in [2.45, 2.75) is 46.7 Å². The highest BCUT2D eigenvalue weighted by Gasteiger charge is 2.30. The number of hydrogen-bond acceptors (Lipinski definition) is 4. The van der Waals surface area contributed by atoms with Crippen molar-refractivity contribution in [3.05, 3.63) is 63.6 Å². The van der Waals surface area contributed by atoms with Gasteiger partial charge in [-0.25, -0.2) is 8.42 Å². The number of anilines is 1. The van der Waals surface area contributed by atoms with Crippen molar-refractivity contribution in [3.8, 4) is 0 Å². The first-order valence-electron chi connectivity index (χ1n) is 10.8. The molecule has 0 spiro atoms. The normalized spacial score (nSPS) is 12.2. The third-order valence-electron chi connectivity index (χ3n) is 5.26. The average Bonchev–Trinajstić information content (AvgIpc) is 2.74. The molecule has 0 radical (unpaired) electrons. The van der Waals surface area contributed by atoms with Gasteiger partial charge < -0.3 is 10.2 Å². The molecular weight excluding hydrogens is 506 g/mol. The fourth-order valence-electron chi connectivity index (χ4n) is 3.38. The van der Waals surface area contributed by atoms with E-state index in [0.29, 0.717) is 12.2 Å². The van der Waals surface area contributed by atoms with Crippen LogP contribution in [0.4, 0.5) is 5.69 Å². The lowest BCUT2D eigenvalue weighted by atomic mass is 10.1. The summed E-state index contributed by atoms with van der Waals surface area (Å²) in [6.45, 7) is 7.70. The molecule has 2 amide bonds. The molecule has 0 fully saturated rings. The molecule has 33 heavy (non-hydrogen) atoms. The molecule has 9 heteroatoms. The molecule has 0 saturated carbocycles. The van der Waals surface area contributed by atoms with Gasteiger partial charge in [0.1, 0.15) is 12.6 Å². The topological polar surface area (TPSA) is 86.8 Å². The van der Waals surface area contributed by atoms with Crippen molar-refractivity contribution in [2.75, 3.05) is 23.7 Å². The molecule has 0 aliphatic heterocycles. The Labute approximate surface area is 205 Å². The Morgan fingerprint density at radius 2 is 1.82 bits per heavy atom. The molecule has 0 aromatic heterocycles. The molecule has 0 heterocycles. The van der Waals surface area contributed by atoms with E-state index in [1.54, 1.807) is 25.1 Å². The van der Waals surface area contributed by atoms with Crippen LogP contribution in [0.3, 0.4) is 0 Å². The Kier molecular flexibility index (Phi) is 9.48. The second kappa shape index (κ2) is 11.7. The minimum Gasteiger partial charge on any atom is -0.354 e. The van der Waals surface area contributed by atoms with Crippen molar-refractivity contribution in [2.24, 2.45) is 0 Å². The highest BCUT2D eigenvalue weighted by atomic mass is 79.9. The number of benzene rings is 2. The van der Waals surface area contributed by atoms with Crippen molar-refractivity contribution in [1.82, 2.24) is 10.2 Å². The quantitative estimate of drug-likeness (QED) is 0.499. The number of nitrogens with one attached hydrogen (secondary N) is 1. The third-order valence-corrected chi connectivity index (χ3v) is 7.29. The summed E-state index contributed by atoms with van der Waals surface area (Å²) in [5.74, 6) is -0.732. The summed E-state index contributed by atoms with van der Waals surface area (Å²) in [5, 5.41) is 2.82. The van der Waals surface area contributed by atoms with Crippen LogP contribution in [-0.4, -0.2) is 50.5 Å². The van der Waals surface area contributed by atoms with Gasteiger partial charge in [-0.3, -0.25) is 13.9 Å². The molecule has 2 aromatic rings. The van der Waals surface area contributed by atoms with Crippen LogP contribution in [0.1, 0.15) is 37.0 Å². The lowest BCUT2D eigenvalue weighted by molar-refractivity contribution is -0.139. The van der Waals surface area contributed by atoms with E-state index in [2.05, 4.69) is 21.2 Å². The first-order chi connectivity index (χ1) is 15.4. The van der Waals surface area contributed by atoms with Crippen LogP contribution in [0.25, 0.3) is 0 Å². The Morgan fingerprint density at radius 3 is 2.39 bits per heavy atom. The largest absolute Gasteiger partial charge is 0.354 e. The van der Waals surface area contributed by atoms with Gasteiger partial charge in [-0.05, 0) is 56.5 Å². The molecule has 0 bridgehead atoms. The Hall–Kier alpha value is -2.39. The van der Waals surface area contributed by atoms with Gasteiger partial charge in [0, 0.05) is 17.6 Å². The lowest BCUT2D eigenvalue weighted by Crippen LogP contribution is -2.51. The van der Waals surface area contributed by atoms with Gasteiger partial charge in [-0.15, -0.1) is 0 Å². The van der Waals surface area contributed by atoms with E-state index in [0.717, 1.165) is 38.1 Å². The molecule has 0 aliphatic rings. The number of rotatable bonds is 10.